The number of hydrogen-bond donors (Lipinski definition) is 2. The first-order chi connectivity index (χ1) is 14.5. The van der Waals surface area contributed by atoms with E-state index < -0.39 is 17.3 Å². The van der Waals surface area contributed by atoms with E-state index in [-0.39, 0.29) is 24.3 Å². The summed E-state index contributed by atoms with van der Waals surface area (Å²) in [5, 5.41) is 5.24. The number of nitrogens with one attached hydrogen (secondary N) is 2. The van der Waals surface area contributed by atoms with Crippen molar-refractivity contribution in [3.8, 4) is 0 Å². The van der Waals surface area contributed by atoms with E-state index in [1.165, 1.54) is 17.3 Å². The minimum Gasteiger partial charge on any atom is -0.453 e. The first-order valence-electron chi connectivity index (χ1n) is 10.2. The molecule has 0 unspecified atom stereocenters. The maximum absolute atomic E-state index is 12.6. The van der Waals surface area contributed by atoms with Gasteiger partial charge in [-0.05, 0) is 49.4 Å². The molecule has 156 valence electrons. The van der Waals surface area contributed by atoms with E-state index in [1.807, 2.05) is 42.5 Å². The van der Waals surface area contributed by atoms with E-state index in [9.17, 15) is 14.4 Å². The van der Waals surface area contributed by atoms with Crippen molar-refractivity contribution in [3.05, 3.63) is 59.7 Å². The van der Waals surface area contributed by atoms with E-state index >= 15 is 0 Å². The second-order valence-electron chi connectivity index (χ2n) is 7.58. The molecule has 2 aromatic rings. The van der Waals surface area contributed by atoms with Gasteiger partial charge >= 0.3 is 5.97 Å². The molecule has 0 fully saturated rings. The van der Waals surface area contributed by atoms with Crippen LogP contribution in [0.15, 0.2) is 53.4 Å². The third-order valence-electron chi connectivity index (χ3n) is 5.42. The molecule has 0 saturated heterocycles. The lowest BCUT2D eigenvalue weighted by Crippen LogP contribution is -2.40. The van der Waals surface area contributed by atoms with E-state index in [0.717, 1.165) is 35.4 Å². The van der Waals surface area contributed by atoms with Crippen LogP contribution in [0.4, 0.5) is 5.69 Å². The van der Waals surface area contributed by atoms with Gasteiger partial charge in [0.05, 0.1) is 23.4 Å². The number of anilines is 1. The Kier molecular flexibility index (Phi) is 6.08. The van der Waals surface area contributed by atoms with Crippen LogP contribution in [0.25, 0.3) is 0 Å². The maximum Gasteiger partial charge on any atom is 0.308 e. The second kappa shape index (κ2) is 8.92. The van der Waals surface area contributed by atoms with Crippen molar-refractivity contribution in [1.29, 1.82) is 0 Å². The third kappa shape index (κ3) is 4.51. The first-order valence-corrected chi connectivity index (χ1v) is 11.0. The molecule has 1 aliphatic heterocycles. The molecule has 3 atom stereocenters. The Morgan fingerprint density at radius 2 is 1.97 bits per heavy atom. The van der Waals surface area contributed by atoms with Gasteiger partial charge < -0.3 is 15.4 Å². The van der Waals surface area contributed by atoms with Crippen LogP contribution in [0.2, 0.25) is 0 Å². The van der Waals surface area contributed by atoms with Gasteiger partial charge in [-0.1, -0.05) is 36.4 Å². The van der Waals surface area contributed by atoms with Crippen LogP contribution in [0.1, 0.15) is 43.4 Å². The summed E-state index contributed by atoms with van der Waals surface area (Å²) in [5.41, 5.74) is 3.13. The van der Waals surface area contributed by atoms with Gasteiger partial charge in [-0.2, -0.15) is 0 Å². The van der Waals surface area contributed by atoms with Crippen molar-refractivity contribution >= 4 is 35.2 Å². The van der Waals surface area contributed by atoms with Crippen LogP contribution >= 0.6 is 11.8 Å². The molecule has 0 aromatic heterocycles. The summed E-state index contributed by atoms with van der Waals surface area (Å²) in [6.07, 6.45) is 1.87. The predicted octanol–water partition coefficient (Wildman–Crippen LogP) is 3.62. The molecule has 2 N–H and O–H groups in total. The Hall–Kier alpha value is -2.80. The largest absolute Gasteiger partial charge is 0.453 e. The Morgan fingerprint density at radius 3 is 2.83 bits per heavy atom. The lowest BCUT2D eigenvalue weighted by molar-refractivity contribution is -0.155. The number of para-hydroxylation sites is 1. The number of benzene rings is 2. The van der Waals surface area contributed by atoms with Crippen LogP contribution < -0.4 is 10.6 Å². The van der Waals surface area contributed by atoms with Gasteiger partial charge in [-0.25, -0.2) is 0 Å². The smallest absolute Gasteiger partial charge is 0.308 e. The summed E-state index contributed by atoms with van der Waals surface area (Å²) in [6, 6.07) is 15.5. The Balaban J connectivity index is 1.32. The summed E-state index contributed by atoms with van der Waals surface area (Å²) in [6.45, 7) is 1.56. The zero-order valence-electron chi connectivity index (χ0n) is 16.7. The number of carbonyl (C=O) groups excluding carboxylic acids is 3. The van der Waals surface area contributed by atoms with Gasteiger partial charge in [0.25, 0.3) is 5.91 Å². The second-order valence-corrected chi connectivity index (χ2v) is 8.82. The molecule has 6 nitrogen and oxygen atoms in total. The quantitative estimate of drug-likeness (QED) is 0.717. The van der Waals surface area contributed by atoms with Crippen molar-refractivity contribution in [3.63, 3.8) is 0 Å². The van der Waals surface area contributed by atoms with Gasteiger partial charge in [0.1, 0.15) is 0 Å². The normalized spacial score (nSPS) is 20.9. The molecule has 30 heavy (non-hydrogen) atoms. The van der Waals surface area contributed by atoms with Crippen molar-refractivity contribution in [1.82, 2.24) is 5.32 Å². The van der Waals surface area contributed by atoms with Crippen LogP contribution in [-0.2, 0) is 25.5 Å². The highest BCUT2D eigenvalue weighted by Gasteiger charge is 2.31. The summed E-state index contributed by atoms with van der Waals surface area (Å²) >= 11 is 1.34. The third-order valence-corrected chi connectivity index (χ3v) is 6.70. The minimum atomic E-state index is -0.921. The fraction of sp³-hybridized carbons (Fsp3) is 0.348. The van der Waals surface area contributed by atoms with E-state index in [1.54, 1.807) is 6.92 Å². The molecule has 2 aliphatic rings. The Labute approximate surface area is 179 Å². The van der Waals surface area contributed by atoms with E-state index in [0.29, 0.717) is 0 Å². The summed E-state index contributed by atoms with van der Waals surface area (Å²) in [7, 11) is 0. The Bertz CT molecular complexity index is 977. The minimum absolute atomic E-state index is 0.0696. The lowest BCUT2D eigenvalue weighted by Gasteiger charge is -2.27. The van der Waals surface area contributed by atoms with Crippen LogP contribution in [0.3, 0.4) is 0 Å². The number of amides is 2. The SMILES string of the molecule is C[C@H](OC(=O)C[C@@H]1Sc2ccccc2NC1=O)C(=O)N[C@@H]1CCCc2ccccc21. The number of thioether (sulfide) groups is 1. The molecule has 1 heterocycles. The first kappa shape index (κ1) is 20.5. The summed E-state index contributed by atoms with van der Waals surface area (Å²) in [5.74, 6) is -1.11. The molecule has 7 heteroatoms. The van der Waals surface area contributed by atoms with Crippen LogP contribution in [0, 0.1) is 0 Å². The highest BCUT2D eigenvalue weighted by molar-refractivity contribution is 8.01. The Morgan fingerprint density at radius 1 is 1.20 bits per heavy atom. The fourth-order valence-electron chi connectivity index (χ4n) is 3.87. The lowest BCUT2D eigenvalue weighted by atomic mass is 9.87. The topological polar surface area (TPSA) is 84.5 Å². The molecule has 0 radical (unpaired) electrons. The highest BCUT2D eigenvalue weighted by Crippen LogP contribution is 2.36. The van der Waals surface area contributed by atoms with Crippen LogP contribution in [0.5, 0.6) is 0 Å². The molecule has 0 saturated carbocycles. The number of carbonyl (C=O) groups is 3. The molecule has 4 rings (SSSR count). The van der Waals surface area contributed by atoms with Crippen molar-refractivity contribution in [2.75, 3.05) is 5.32 Å². The number of ether oxygens (including phenoxy) is 1. The average Bonchev–Trinajstić information content (AvgIpc) is 2.74. The zero-order chi connectivity index (χ0) is 21.1. The number of aryl methyl sites for hydroxylation is 1. The molecule has 1 aliphatic carbocycles. The van der Waals surface area contributed by atoms with Crippen molar-refractivity contribution in [2.45, 2.75) is 54.9 Å². The number of hydrogen-bond acceptors (Lipinski definition) is 5. The van der Waals surface area contributed by atoms with Crippen LogP contribution in [-0.4, -0.2) is 29.1 Å². The average molecular weight is 425 g/mol. The number of rotatable bonds is 5. The summed E-state index contributed by atoms with van der Waals surface area (Å²) in [4.78, 5) is 38.2. The zero-order valence-corrected chi connectivity index (χ0v) is 17.5. The number of esters is 1. The number of fused-ring (bicyclic) bond motifs is 2. The monoisotopic (exact) mass is 424 g/mol. The van der Waals surface area contributed by atoms with Crippen molar-refractivity contribution in [2.24, 2.45) is 0 Å². The van der Waals surface area contributed by atoms with E-state index in [4.69, 9.17) is 4.74 Å². The van der Waals surface area contributed by atoms with Gasteiger partial charge in [0.2, 0.25) is 5.91 Å². The standard InChI is InChI=1S/C23H24N2O4S/c1-14(22(27)24-17-11-6-8-15-7-2-3-9-16(15)17)29-21(26)13-20-23(28)25-18-10-4-5-12-19(18)30-20/h2-5,7,9-10,12,14,17,20H,6,8,11,13H2,1H3,(H,24,27)(H,25,28)/t14-,17+,20-/m0/s1. The van der Waals surface area contributed by atoms with Gasteiger partial charge in [-0.3, -0.25) is 14.4 Å². The van der Waals surface area contributed by atoms with Gasteiger partial charge in [0.15, 0.2) is 6.10 Å². The van der Waals surface area contributed by atoms with Gasteiger partial charge in [0, 0.05) is 4.90 Å². The maximum atomic E-state index is 12.6. The molecular weight excluding hydrogens is 400 g/mol. The van der Waals surface area contributed by atoms with E-state index in [2.05, 4.69) is 16.7 Å². The summed E-state index contributed by atoms with van der Waals surface area (Å²) < 4.78 is 5.34. The molecule has 2 aromatic carbocycles. The highest BCUT2D eigenvalue weighted by atomic mass is 32.2. The predicted molar refractivity (Wildman–Crippen MR) is 115 cm³/mol. The molecule has 0 spiro atoms. The molecular formula is C23H24N2O4S. The fourth-order valence-corrected chi connectivity index (χ4v) is 4.97. The molecule has 2 amide bonds. The van der Waals surface area contributed by atoms with Gasteiger partial charge in [-0.15, -0.1) is 11.8 Å². The van der Waals surface area contributed by atoms with Crippen molar-refractivity contribution < 1.29 is 19.1 Å². The molecule has 0 bridgehead atoms.